The van der Waals surface area contributed by atoms with Gasteiger partial charge in [0, 0.05) is 28.6 Å². The SMILES string of the molecule is Cc1ccc(S/N=C/c2c(C)ccc3ccccc23)cc1. The van der Waals surface area contributed by atoms with Gasteiger partial charge in [-0.1, -0.05) is 54.1 Å². The number of hydrogen-bond acceptors (Lipinski definition) is 2. The van der Waals surface area contributed by atoms with Crippen LogP contribution >= 0.6 is 11.9 Å². The molecule has 2 heteroatoms. The van der Waals surface area contributed by atoms with E-state index in [0.29, 0.717) is 0 Å². The second-order valence-corrected chi connectivity index (χ2v) is 6.02. The Bertz CT molecular complexity index is 788. The number of benzene rings is 3. The summed E-state index contributed by atoms with van der Waals surface area (Å²) in [4.78, 5) is 1.16. The highest BCUT2D eigenvalue weighted by atomic mass is 32.2. The Balaban J connectivity index is 1.89. The van der Waals surface area contributed by atoms with Crippen LogP contribution in [0.3, 0.4) is 0 Å². The summed E-state index contributed by atoms with van der Waals surface area (Å²) < 4.78 is 4.54. The normalized spacial score (nSPS) is 11.3. The molecule has 0 fully saturated rings. The summed E-state index contributed by atoms with van der Waals surface area (Å²) in [6.45, 7) is 4.22. The van der Waals surface area contributed by atoms with Gasteiger partial charge in [0.05, 0.1) is 0 Å². The van der Waals surface area contributed by atoms with E-state index < -0.39 is 0 Å². The van der Waals surface area contributed by atoms with Crippen molar-refractivity contribution in [3.8, 4) is 0 Å². The molecule has 0 unspecified atom stereocenters. The summed E-state index contributed by atoms with van der Waals surface area (Å²) in [5.41, 5.74) is 3.72. The molecule has 0 amide bonds. The number of nitrogens with zero attached hydrogens (tertiary/aromatic N) is 1. The minimum absolute atomic E-state index is 1.16. The Hall–Kier alpha value is -2.06. The summed E-state index contributed by atoms with van der Waals surface area (Å²) in [6, 6.07) is 21.2. The molecule has 0 bridgehead atoms. The lowest BCUT2D eigenvalue weighted by atomic mass is 10.0. The van der Waals surface area contributed by atoms with E-state index in [4.69, 9.17) is 0 Å². The monoisotopic (exact) mass is 291 g/mol. The van der Waals surface area contributed by atoms with Gasteiger partial charge in [0.25, 0.3) is 0 Å². The quantitative estimate of drug-likeness (QED) is 0.453. The van der Waals surface area contributed by atoms with E-state index in [1.807, 2.05) is 6.21 Å². The second kappa shape index (κ2) is 6.15. The van der Waals surface area contributed by atoms with Gasteiger partial charge in [0.2, 0.25) is 0 Å². The highest BCUT2D eigenvalue weighted by Crippen LogP contribution is 2.23. The molecule has 21 heavy (non-hydrogen) atoms. The maximum Gasteiger partial charge on any atom is 0.0437 e. The van der Waals surface area contributed by atoms with Crippen molar-refractivity contribution in [2.45, 2.75) is 18.7 Å². The molecule has 0 aromatic heterocycles. The molecule has 0 aliphatic carbocycles. The van der Waals surface area contributed by atoms with E-state index in [-0.39, 0.29) is 0 Å². The van der Waals surface area contributed by atoms with E-state index in [9.17, 15) is 0 Å². The summed E-state index contributed by atoms with van der Waals surface area (Å²) >= 11 is 1.51. The predicted octanol–water partition coefficient (Wildman–Crippen LogP) is 5.58. The van der Waals surface area contributed by atoms with Crippen LogP contribution in [0.4, 0.5) is 0 Å². The highest BCUT2D eigenvalue weighted by Gasteiger charge is 2.01. The van der Waals surface area contributed by atoms with Crippen molar-refractivity contribution in [3.63, 3.8) is 0 Å². The Morgan fingerprint density at radius 2 is 1.62 bits per heavy atom. The van der Waals surface area contributed by atoms with Crippen LogP contribution in [0.15, 0.2) is 70.0 Å². The maximum atomic E-state index is 4.54. The molecule has 0 saturated carbocycles. The molecule has 1 nitrogen and oxygen atoms in total. The first-order valence-electron chi connectivity index (χ1n) is 6.99. The molecular formula is C19H17NS. The van der Waals surface area contributed by atoms with E-state index in [1.54, 1.807) is 0 Å². The van der Waals surface area contributed by atoms with Crippen LogP contribution in [0, 0.1) is 13.8 Å². The Morgan fingerprint density at radius 1 is 0.857 bits per heavy atom. The molecule has 0 aliphatic rings. The van der Waals surface area contributed by atoms with Gasteiger partial charge in [-0.3, -0.25) is 0 Å². The van der Waals surface area contributed by atoms with Gasteiger partial charge >= 0.3 is 0 Å². The molecule has 0 atom stereocenters. The zero-order valence-electron chi connectivity index (χ0n) is 12.2. The predicted molar refractivity (Wildman–Crippen MR) is 93.3 cm³/mol. The van der Waals surface area contributed by atoms with Gasteiger partial charge in [0.15, 0.2) is 0 Å². The standard InChI is InChI=1S/C19H17NS/c1-14-7-11-17(12-8-14)21-20-13-19-15(2)9-10-16-5-3-4-6-18(16)19/h3-13H,1-2H3/b20-13+. The first kappa shape index (κ1) is 13.9. The summed E-state index contributed by atoms with van der Waals surface area (Å²) in [6.07, 6.45) is 1.97. The smallest absolute Gasteiger partial charge is 0.0437 e. The molecule has 0 aliphatic heterocycles. The third-order valence-corrected chi connectivity index (χ3v) is 4.24. The second-order valence-electron chi connectivity index (χ2n) is 5.16. The van der Waals surface area contributed by atoms with Crippen LogP contribution in [0.25, 0.3) is 10.8 Å². The third-order valence-electron chi connectivity index (χ3n) is 3.55. The van der Waals surface area contributed by atoms with Crippen molar-refractivity contribution in [1.29, 1.82) is 0 Å². The minimum Gasteiger partial charge on any atom is -0.219 e. The van der Waals surface area contributed by atoms with Crippen molar-refractivity contribution in [3.05, 3.63) is 77.4 Å². The van der Waals surface area contributed by atoms with Crippen molar-refractivity contribution in [2.75, 3.05) is 0 Å². The van der Waals surface area contributed by atoms with Gasteiger partial charge in [-0.05, 0) is 42.3 Å². The van der Waals surface area contributed by atoms with Crippen molar-refractivity contribution in [1.82, 2.24) is 0 Å². The molecule has 0 saturated heterocycles. The van der Waals surface area contributed by atoms with Crippen molar-refractivity contribution >= 4 is 28.9 Å². The van der Waals surface area contributed by atoms with Gasteiger partial charge in [-0.25, -0.2) is 4.40 Å². The molecule has 3 aromatic carbocycles. The van der Waals surface area contributed by atoms with Crippen molar-refractivity contribution < 1.29 is 0 Å². The molecule has 0 spiro atoms. The number of rotatable bonds is 3. The third kappa shape index (κ3) is 3.17. The fraction of sp³-hybridized carbons (Fsp3) is 0.105. The number of fused-ring (bicyclic) bond motifs is 1. The van der Waals surface area contributed by atoms with Gasteiger partial charge in [-0.2, -0.15) is 0 Å². The van der Waals surface area contributed by atoms with Crippen LogP contribution < -0.4 is 0 Å². The van der Waals surface area contributed by atoms with Crippen LogP contribution in [0.2, 0.25) is 0 Å². The molecular weight excluding hydrogens is 274 g/mol. The molecule has 104 valence electrons. The molecule has 3 rings (SSSR count). The topological polar surface area (TPSA) is 12.4 Å². The first-order valence-corrected chi connectivity index (χ1v) is 7.77. The zero-order valence-corrected chi connectivity index (χ0v) is 13.0. The first-order chi connectivity index (χ1) is 10.2. The van der Waals surface area contributed by atoms with Crippen LogP contribution in [-0.2, 0) is 0 Å². The fourth-order valence-electron chi connectivity index (χ4n) is 2.32. The number of aryl methyl sites for hydroxylation is 2. The van der Waals surface area contributed by atoms with E-state index >= 15 is 0 Å². The van der Waals surface area contributed by atoms with Crippen LogP contribution in [-0.4, -0.2) is 6.21 Å². The summed E-state index contributed by atoms with van der Waals surface area (Å²) in [5, 5.41) is 2.51. The molecule has 0 radical (unpaired) electrons. The lowest BCUT2D eigenvalue weighted by Gasteiger charge is -2.05. The Morgan fingerprint density at radius 3 is 2.43 bits per heavy atom. The summed E-state index contributed by atoms with van der Waals surface area (Å²) in [5.74, 6) is 0. The van der Waals surface area contributed by atoms with Crippen LogP contribution in [0.5, 0.6) is 0 Å². The largest absolute Gasteiger partial charge is 0.219 e. The average molecular weight is 291 g/mol. The van der Waals surface area contributed by atoms with Gasteiger partial charge in [0.1, 0.15) is 0 Å². The molecule has 0 N–H and O–H groups in total. The highest BCUT2D eigenvalue weighted by molar-refractivity contribution is 7.98. The average Bonchev–Trinajstić information content (AvgIpc) is 2.51. The van der Waals surface area contributed by atoms with Gasteiger partial charge < -0.3 is 0 Å². The van der Waals surface area contributed by atoms with E-state index in [2.05, 4.69) is 78.9 Å². The lowest BCUT2D eigenvalue weighted by molar-refractivity contribution is 1.38. The zero-order chi connectivity index (χ0) is 14.7. The molecule has 3 aromatic rings. The Kier molecular flexibility index (Phi) is 4.07. The van der Waals surface area contributed by atoms with Crippen molar-refractivity contribution in [2.24, 2.45) is 4.40 Å². The van der Waals surface area contributed by atoms with Crippen LogP contribution in [0.1, 0.15) is 16.7 Å². The maximum absolute atomic E-state index is 4.54. The Labute approximate surface area is 129 Å². The van der Waals surface area contributed by atoms with E-state index in [1.165, 1.54) is 39.4 Å². The van der Waals surface area contributed by atoms with E-state index in [0.717, 1.165) is 4.90 Å². The van der Waals surface area contributed by atoms with Gasteiger partial charge in [-0.15, -0.1) is 0 Å². The minimum atomic E-state index is 1.16. The summed E-state index contributed by atoms with van der Waals surface area (Å²) in [7, 11) is 0. The molecule has 0 heterocycles. The number of hydrogen-bond donors (Lipinski definition) is 0. The lowest BCUT2D eigenvalue weighted by Crippen LogP contribution is -1.88. The fourth-order valence-corrected chi connectivity index (χ4v) is 2.85.